The molecule has 0 saturated heterocycles. The summed E-state index contributed by atoms with van der Waals surface area (Å²) in [6.45, 7) is 2.43. The third-order valence-electron chi connectivity index (χ3n) is 3.63. The zero-order valence-electron chi connectivity index (χ0n) is 14.6. The Labute approximate surface area is 153 Å². The van der Waals surface area contributed by atoms with Crippen molar-refractivity contribution >= 4 is 15.7 Å². The lowest BCUT2D eigenvalue weighted by Crippen LogP contribution is -2.29. The number of non-ortho nitro benzene ring substituents is 1. The first-order valence-electron chi connectivity index (χ1n) is 8.32. The Morgan fingerprint density at radius 1 is 1.12 bits per heavy atom. The molecule has 0 bridgehead atoms. The van der Waals surface area contributed by atoms with Gasteiger partial charge in [0.2, 0.25) is 10.0 Å². The fraction of sp³-hybridized carbons (Fsp3) is 0.333. The topological polar surface area (TPSA) is 98.5 Å². The maximum atomic E-state index is 12.1. The summed E-state index contributed by atoms with van der Waals surface area (Å²) in [6.07, 6.45) is 2.09. The Balaban J connectivity index is 1.80. The molecule has 0 aliphatic carbocycles. The molecule has 7 nitrogen and oxygen atoms in total. The van der Waals surface area contributed by atoms with Crippen molar-refractivity contribution in [2.45, 2.75) is 25.5 Å². The van der Waals surface area contributed by atoms with E-state index in [1.54, 1.807) is 6.07 Å². The molecule has 0 aliphatic heterocycles. The highest BCUT2D eigenvalue weighted by Crippen LogP contribution is 2.15. The second kappa shape index (κ2) is 9.30. The van der Waals surface area contributed by atoms with Gasteiger partial charge in [-0.25, -0.2) is 13.1 Å². The van der Waals surface area contributed by atoms with Gasteiger partial charge in [0.25, 0.3) is 5.69 Å². The van der Waals surface area contributed by atoms with E-state index >= 15 is 0 Å². The van der Waals surface area contributed by atoms with Gasteiger partial charge in [0.1, 0.15) is 12.4 Å². The van der Waals surface area contributed by atoms with Gasteiger partial charge in [0, 0.05) is 18.7 Å². The summed E-state index contributed by atoms with van der Waals surface area (Å²) >= 11 is 0. The molecule has 0 aromatic heterocycles. The Bertz CT molecular complexity index is 835. The van der Waals surface area contributed by atoms with Gasteiger partial charge in [-0.05, 0) is 29.7 Å². The molecule has 0 amide bonds. The molecule has 2 rings (SSSR count). The average molecular weight is 378 g/mol. The summed E-state index contributed by atoms with van der Waals surface area (Å²) in [4.78, 5) is 10.2. The largest absolute Gasteiger partial charge is 0.492 e. The Kier molecular flexibility index (Phi) is 7.11. The van der Waals surface area contributed by atoms with Crippen molar-refractivity contribution < 1.29 is 18.1 Å². The van der Waals surface area contributed by atoms with E-state index in [0.29, 0.717) is 11.3 Å². The van der Waals surface area contributed by atoms with Crippen LogP contribution in [0.15, 0.2) is 48.5 Å². The normalized spacial score (nSPS) is 11.3. The van der Waals surface area contributed by atoms with Gasteiger partial charge in [-0.2, -0.15) is 0 Å². The van der Waals surface area contributed by atoms with Gasteiger partial charge >= 0.3 is 0 Å². The van der Waals surface area contributed by atoms with Gasteiger partial charge < -0.3 is 4.74 Å². The van der Waals surface area contributed by atoms with Crippen LogP contribution in [0.5, 0.6) is 5.75 Å². The van der Waals surface area contributed by atoms with Crippen LogP contribution in [-0.2, 0) is 22.2 Å². The molecule has 0 heterocycles. The molecule has 0 unspecified atom stereocenters. The van der Waals surface area contributed by atoms with Crippen LogP contribution in [0.1, 0.15) is 24.5 Å². The van der Waals surface area contributed by atoms with Crippen molar-refractivity contribution in [3.05, 3.63) is 69.8 Å². The van der Waals surface area contributed by atoms with E-state index in [4.69, 9.17) is 4.74 Å². The Hall–Kier alpha value is -2.45. The number of ether oxygens (including phenoxy) is 1. The van der Waals surface area contributed by atoms with E-state index in [1.807, 2.05) is 24.3 Å². The van der Waals surface area contributed by atoms with E-state index in [-0.39, 0.29) is 24.6 Å². The molecule has 0 spiro atoms. The number of rotatable bonds is 10. The van der Waals surface area contributed by atoms with Crippen molar-refractivity contribution in [1.29, 1.82) is 0 Å². The summed E-state index contributed by atoms with van der Waals surface area (Å²) in [6, 6.07) is 13.3. The first kappa shape index (κ1) is 19.9. The van der Waals surface area contributed by atoms with E-state index in [0.717, 1.165) is 12.8 Å². The predicted molar refractivity (Wildman–Crippen MR) is 99.7 cm³/mol. The summed E-state index contributed by atoms with van der Waals surface area (Å²) < 4.78 is 32.1. The van der Waals surface area contributed by atoms with Crippen molar-refractivity contribution in [3.8, 4) is 5.75 Å². The molecule has 2 aromatic carbocycles. The van der Waals surface area contributed by atoms with Crippen LogP contribution < -0.4 is 9.46 Å². The number of benzene rings is 2. The molecule has 0 aliphatic rings. The van der Waals surface area contributed by atoms with Crippen LogP contribution in [0.3, 0.4) is 0 Å². The molecule has 2 aromatic rings. The van der Waals surface area contributed by atoms with Crippen LogP contribution in [0.2, 0.25) is 0 Å². The van der Waals surface area contributed by atoms with Gasteiger partial charge in [0.15, 0.2) is 0 Å². The van der Waals surface area contributed by atoms with E-state index in [1.165, 1.54) is 23.8 Å². The SMILES string of the molecule is CCCc1ccc(OCCNS(=O)(=O)Cc2cccc([N+](=O)[O-])c2)cc1. The van der Waals surface area contributed by atoms with Crippen LogP contribution >= 0.6 is 0 Å². The molecule has 8 heteroatoms. The van der Waals surface area contributed by atoms with Crippen LogP contribution in [0.25, 0.3) is 0 Å². The molecular weight excluding hydrogens is 356 g/mol. The lowest BCUT2D eigenvalue weighted by Gasteiger charge is -2.09. The maximum Gasteiger partial charge on any atom is 0.269 e. The quantitative estimate of drug-likeness (QED) is 0.389. The zero-order chi connectivity index (χ0) is 19.0. The smallest absolute Gasteiger partial charge is 0.269 e. The first-order chi connectivity index (χ1) is 12.4. The minimum Gasteiger partial charge on any atom is -0.492 e. The average Bonchev–Trinajstić information content (AvgIpc) is 2.60. The Morgan fingerprint density at radius 3 is 2.50 bits per heavy atom. The number of aryl methyl sites for hydroxylation is 1. The van der Waals surface area contributed by atoms with Crippen molar-refractivity contribution in [1.82, 2.24) is 4.72 Å². The lowest BCUT2D eigenvalue weighted by atomic mass is 10.1. The number of nitro groups is 1. The fourth-order valence-electron chi connectivity index (χ4n) is 2.44. The van der Waals surface area contributed by atoms with Gasteiger partial charge in [-0.1, -0.05) is 37.6 Å². The first-order valence-corrected chi connectivity index (χ1v) is 9.97. The zero-order valence-corrected chi connectivity index (χ0v) is 15.4. The third-order valence-corrected chi connectivity index (χ3v) is 4.99. The lowest BCUT2D eigenvalue weighted by molar-refractivity contribution is -0.384. The van der Waals surface area contributed by atoms with Crippen LogP contribution in [-0.4, -0.2) is 26.5 Å². The highest BCUT2D eigenvalue weighted by molar-refractivity contribution is 7.88. The van der Waals surface area contributed by atoms with E-state index < -0.39 is 14.9 Å². The number of hydrogen-bond acceptors (Lipinski definition) is 5. The van der Waals surface area contributed by atoms with Gasteiger partial charge in [-0.15, -0.1) is 0 Å². The van der Waals surface area contributed by atoms with E-state index in [2.05, 4.69) is 11.6 Å². The Morgan fingerprint density at radius 2 is 1.85 bits per heavy atom. The number of nitrogens with zero attached hydrogens (tertiary/aromatic N) is 1. The van der Waals surface area contributed by atoms with Crippen molar-refractivity contribution in [2.24, 2.45) is 0 Å². The number of hydrogen-bond donors (Lipinski definition) is 1. The van der Waals surface area contributed by atoms with Crippen LogP contribution in [0, 0.1) is 10.1 Å². The maximum absolute atomic E-state index is 12.1. The summed E-state index contributed by atoms with van der Waals surface area (Å²) in [7, 11) is -3.60. The van der Waals surface area contributed by atoms with Gasteiger partial charge in [0.05, 0.1) is 10.7 Å². The molecule has 0 fully saturated rings. The van der Waals surface area contributed by atoms with E-state index in [9.17, 15) is 18.5 Å². The number of nitrogens with one attached hydrogen (secondary N) is 1. The molecular formula is C18H22N2O5S. The molecule has 0 saturated carbocycles. The summed E-state index contributed by atoms with van der Waals surface area (Å²) in [5.41, 5.74) is 1.46. The summed E-state index contributed by atoms with van der Waals surface area (Å²) in [5.74, 6) is 0.364. The fourth-order valence-corrected chi connectivity index (χ4v) is 3.55. The highest BCUT2D eigenvalue weighted by Gasteiger charge is 2.13. The second-order valence-electron chi connectivity index (χ2n) is 5.82. The monoisotopic (exact) mass is 378 g/mol. The molecule has 0 radical (unpaired) electrons. The van der Waals surface area contributed by atoms with Gasteiger partial charge in [-0.3, -0.25) is 10.1 Å². The predicted octanol–water partition coefficient (Wildman–Crippen LogP) is 3.05. The second-order valence-corrected chi connectivity index (χ2v) is 7.63. The van der Waals surface area contributed by atoms with Crippen molar-refractivity contribution in [3.63, 3.8) is 0 Å². The molecule has 1 N–H and O–H groups in total. The van der Waals surface area contributed by atoms with Crippen LogP contribution in [0.4, 0.5) is 5.69 Å². The minimum absolute atomic E-state index is 0.119. The summed E-state index contributed by atoms with van der Waals surface area (Å²) in [5, 5.41) is 10.7. The number of sulfonamides is 1. The highest BCUT2D eigenvalue weighted by atomic mass is 32.2. The molecule has 140 valence electrons. The minimum atomic E-state index is -3.60. The third kappa shape index (κ3) is 6.45. The number of nitro benzene ring substituents is 1. The standard InChI is InChI=1S/C18H22N2O5S/c1-2-4-15-7-9-18(10-8-15)25-12-11-19-26(23,24)14-16-5-3-6-17(13-16)20(21)22/h3,5-10,13,19H,2,4,11-12,14H2,1H3. The van der Waals surface area contributed by atoms with Crippen molar-refractivity contribution in [2.75, 3.05) is 13.2 Å². The molecule has 0 atom stereocenters. The molecule has 26 heavy (non-hydrogen) atoms.